The molecule has 0 N–H and O–H groups in total. The molecule has 0 saturated heterocycles. The molecule has 1 unspecified atom stereocenters. The Labute approximate surface area is 90.5 Å². The highest BCUT2D eigenvalue weighted by molar-refractivity contribution is 4.98. The van der Waals surface area contributed by atoms with E-state index >= 15 is 0 Å². The molecule has 0 aliphatic heterocycles. The van der Waals surface area contributed by atoms with Gasteiger partial charge in [-0.3, -0.25) is 0 Å². The van der Waals surface area contributed by atoms with Crippen molar-refractivity contribution in [3.05, 3.63) is 13.8 Å². The molecule has 0 aromatic heterocycles. The van der Waals surface area contributed by atoms with Crippen molar-refractivity contribution in [2.45, 2.75) is 58.3 Å². The summed E-state index contributed by atoms with van der Waals surface area (Å²) in [6, 6.07) is 0. The van der Waals surface area contributed by atoms with Crippen LogP contribution in [0.1, 0.15) is 58.3 Å². The molecule has 0 fully saturated rings. The summed E-state index contributed by atoms with van der Waals surface area (Å²) in [5.41, 5.74) is 0. The van der Waals surface area contributed by atoms with E-state index in [0.29, 0.717) is 0 Å². The summed E-state index contributed by atoms with van der Waals surface area (Å²) < 4.78 is 0. The molecule has 0 amide bonds. The molecule has 0 rings (SSSR count). The molecule has 0 aromatic carbocycles. The minimum absolute atomic E-state index is 0.751. The second-order valence-corrected chi connectivity index (χ2v) is 3.95. The van der Waals surface area contributed by atoms with Crippen LogP contribution < -0.4 is 0 Å². The Hall–Kier alpha value is -0.440. The maximum absolute atomic E-state index is 3.88. The Morgan fingerprint density at radius 3 is 2.43 bits per heavy atom. The lowest BCUT2D eigenvalue weighted by atomic mass is 9.98. The number of hydrogen-bond donors (Lipinski definition) is 0. The standard InChI is InChI=1S/C14H24/c1-4-6-7-8-9-10-11-13-14(3)12-5-2/h14H,1-2,4-5,8-13H2,3H3. The fourth-order valence-corrected chi connectivity index (χ4v) is 1.55. The van der Waals surface area contributed by atoms with Gasteiger partial charge < -0.3 is 0 Å². The molecule has 0 aliphatic rings. The molecule has 14 heavy (non-hydrogen) atoms. The maximum atomic E-state index is 3.88. The van der Waals surface area contributed by atoms with Gasteiger partial charge in [-0.25, -0.2) is 0 Å². The number of unbranched alkanes of at least 4 members (excludes halogenated alkanes) is 3. The monoisotopic (exact) mass is 192 g/mol. The van der Waals surface area contributed by atoms with Crippen LogP contribution in [-0.2, 0) is 0 Å². The van der Waals surface area contributed by atoms with E-state index < -0.39 is 0 Å². The van der Waals surface area contributed by atoms with Gasteiger partial charge >= 0.3 is 0 Å². The van der Waals surface area contributed by atoms with Gasteiger partial charge in [-0.1, -0.05) is 46.0 Å². The van der Waals surface area contributed by atoms with Crippen LogP contribution in [0.5, 0.6) is 0 Å². The molecule has 0 heteroatoms. The molecule has 0 aromatic rings. The lowest BCUT2D eigenvalue weighted by molar-refractivity contribution is 0.465. The first-order valence-electron chi connectivity index (χ1n) is 5.85. The lowest BCUT2D eigenvalue weighted by Crippen LogP contribution is -1.93. The van der Waals surface area contributed by atoms with Gasteiger partial charge in [-0.05, 0) is 19.3 Å². The summed E-state index contributed by atoms with van der Waals surface area (Å²) in [5, 5.41) is 0. The molecule has 0 saturated carbocycles. The van der Waals surface area contributed by atoms with Crippen molar-refractivity contribution in [1.29, 1.82) is 0 Å². The molecular weight excluding hydrogens is 168 g/mol. The normalized spacial score (nSPS) is 11.9. The molecule has 0 aliphatic carbocycles. The summed E-state index contributed by atoms with van der Waals surface area (Å²) >= 11 is 0. The third-order valence-corrected chi connectivity index (χ3v) is 2.45. The van der Waals surface area contributed by atoms with E-state index in [0.717, 1.165) is 25.2 Å². The first kappa shape index (κ1) is 13.6. The van der Waals surface area contributed by atoms with Crippen LogP contribution in [0.25, 0.3) is 0 Å². The van der Waals surface area contributed by atoms with Crippen molar-refractivity contribution < 1.29 is 0 Å². The van der Waals surface area contributed by atoms with Crippen molar-refractivity contribution in [3.63, 3.8) is 0 Å². The Kier molecular flexibility index (Phi) is 10.3. The lowest BCUT2D eigenvalue weighted by Gasteiger charge is -2.08. The Morgan fingerprint density at radius 1 is 1.00 bits per heavy atom. The summed E-state index contributed by atoms with van der Waals surface area (Å²) in [5.74, 6) is 6.98. The van der Waals surface area contributed by atoms with Crippen LogP contribution in [0.15, 0.2) is 0 Å². The van der Waals surface area contributed by atoms with Crippen LogP contribution in [0.2, 0.25) is 0 Å². The molecule has 1 atom stereocenters. The molecule has 2 radical (unpaired) electrons. The molecule has 80 valence electrons. The van der Waals surface area contributed by atoms with Crippen molar-refractivity contribution >= 4 is 0 Å². The molecule has 0 spiro atoms. The Morgan fingerprint density at radius 2 is 1.79 bits per heavy atom. The van der Waals surface area contributed by atoms with E-state index in [1.165, 1.54) is 32.1 Å². The van der Waals surface area contributed by atoms with E-state index in [-0.39, 0.29) is 0 Å². The Balaban J connectivity index is 3.13. The third kappa shape index (κ3) is 9.65. The van der Waals surface area contributed by atoms with Crippen LogP contribution in [-0.4, -0.2) is 0 Å². The summed E-state index contributed by atoms with van der Waals surface area (Å²) in [7, 11) is 0. The minimum atomic E-state index is 0.751. The van der Waals surface area contributed by atoms with Gasteiger partial charge in [-0.15, -0.1) is 11.8 Å². The van der Waals surface area contributed by atoms with Gasteiger partial charge in [0.1, 0.15) is 0 Å². The number of rotatable bonds is 7. The van der Waals surface area contributed by atoms with Crippen LogP contribution in [0.3, 0.4) is 0 Å². The third-order valence-electron chi connectivity index (χ3n) is 2.45. The van der Waals surface area contributed by atoms with Gasteiger partial charge in [0.15, 0.2) is 0 Å². The van der Waals surface area contributed by atoms with Gasteiger partial charge in [0.25, 0.3) is 0 Å². The van der Waals surface area contributed by atoms with E-state index in [4.69, 9.17) is 0 Å². The quantitative estimate of drug-likeness (QED) is 0.414. The molecular formula is C14H24. The maximum Gasteiger partial charge on any atom is 0.00890 e. The van der Waals surface area contributed by atoms with Crippen LogP contribution in [0.4, 0.5) is 0 Å². The zero-order valence-corrected chi connectivity index (χ0v) is 9.65. The highest BCUT2D eigenvalue weighted by Crippen LogP contribution is 2.14. The van der Waals surface area contributed by atoms with E-state index in [2.05, 4.69) is 32.6 Å². The minimum Gasteiger partial charge on any atom is -0.103 e. The number of hydrogen-bond acceptors (Lipinski definition) is 0. The average molecular weight is 192 g/mol. The average Bonchev–Trinajstić information content (AvgIpc) is 2.17. The van der Waals surface area contributed by atoms with Crippen molar-refractivity contribution in [1.82, 2.24) is 0 Å². The van der Waals surface area contributed by atoms with Crippen molar-refractivity contribution in [2.24, 2.45) is 5.92 Å². The predicted octanol–water partition coefficient (Wildman–Crippen LogP) is 4.41. The zero-order valence-electron chi connectivity index (χ0n) is 9.65. The first-order chi connectivity index (χ1) is 6.81. The van der Waals surface area contributed by atoms with Gasteiger partial charge in [0.2, 0.25) is 0 Å². The molecule has 0 bridgehead atoms. The van der Waals surface area contributed by atoms with Crippen LogP contribution in [0, 0.1) is 31.6 Å². The molecule has 0 nitrogen and oxygen atoms in total. The van der Waals surface area contributed by atoms with E-state index in [1.807, 2.05) is 0 Å². The SMILES string of the molecule is [CH2]CC#CCCCCCC(C)CC[CH2]. The second-order valence-electron chi connectivity index (χ2n) is 3.95. The fraction of sp³-hybridized carbons (Fsp3) is 0.714. The first-order valence-corrected chi connectivity index (χ1v) is 5.85. The fourth-order valence-electron chi connectivity index (χ4n) is 1.55. The van der Waals surface area contributed by atoms with Gasteiger partial charge in [-0.2, -0.15) is 0 Å². The molecule has 0 heterocycles. The summed E-state index contributed by atoms with van der Waals surface area (Å²) in [6.45, 7) is 9.89. The topological polar surface area (TPSA) is 0 Å². The van der Waals surface area contributed by atoms with Crippen molar-refractivity contribution in [2.75, 3.05) is 0 Å². The highest BCUT2D eigenvalue weighted by Gasteiger charge is 1.99. The second kappa shape index (κ2) is 10.6. The van der Waals surface area contributed by atoms with Crippen molar-refractivity contribution in [3.8, 4) is 11.8 Å². The zero-order chi connectivity index (χ0) is 10.6. The summed E-state index contributed by atoms with van der Waals surface area (Å²) in [4.78, 5) is 0. The predicted molar refractivity (Wildman–Crippen MR) is 64.6 cm³/mol. The Bertz CT molecular complexity index is 159. The summed E-state index contributed by atoms with van der Waals surface area (Å²) in [6.07, 6.45) is 9.46. The largest absolute Gasteiger partial charge is 0.103 e. The van der Waals surface area contributed by atoms with E-state index in [9.17, 15) is 0 Å². The highest BCUT2D eigenvalue weighted by atomic mass is 14.0. The van der Waals surface area contributed by atoms with Crippen LogP contribution >= 0.6 is 0 Å². The van der Waals surface area contributed by atoms with E-state index in [1.54, 1.807) is 0 Å². The van der Waals surface area contributed by atoms with Gasteiger partial charge in [0.05, 0.1) is 0 Å². The van der Waals surface area contributed by atoms with Gasteiger partial charge in [0, 0.05) is 12.8 Å². The smallest absolute Gasteiger partial charge is 0.00890 e.